The first-order valence-electron chi connectivity index (χ1n) is 21.3. The second-order valence-corrected chi connectivity index (χ2v) is 15.4. The fourth-order valence-corrected chi connectivity index (χ4v) is 6.38. The maximum absolute atomic E-state index is 13.5. The fraction of sp³-hybridized carbons (Fsp3) is 0.340. The molecule has 0 saturated heterocycles. The highest BCUT2D eigenvalue weighted by atomic mass is 19.1. The van der Waals surface area contributed by atoms with Gasteiger partial charge in [-0.3, -0.25) is 19.2 Å². The molecule has 18 heteroatoms. The molecule has 0 aromatic heterocycles. The molecule has 1 aliphatic carbocycles. The summed E-state index contributed by atoms with van der Waals surface area (Å²) in [4.78, 5) is 63.7. The van der Waals surface area contributed by atoms with Crippen LogP contribution < -0.4 is 44.4 Å². The van der Waals surface area contributed by atoms with Gasteiger partial charge < -0.3 is 49.2 Å². The highest BCUT2D eigenvalue weighted by molar-refractivity contribution is 5.93. The van der Waals surface area contributed by atoms with Gasteiger partial charge in [0.25, 0.3) is 0 Å². The fourth-order valence-electron chi connectivity index (χ4n) is 6.38. The van der Waals surface area contributed by atoms with Crippen LogP contribution in [-0.2, 0) is 30.4 Å². The number of carbonyl (C=O) groups excluding carboxylic acids is 5. The molecule has 4 aromatic rings. The summed E-state index contributed by atoms with van der Waals surface area (Å²) >= 11 is 0. The van der Waals surface area contributed by atoms with Gasteiger partial charge in [0.2, 0.25) is 24.6 Å². The number of aryl methyl sites for hydroxylation is 1. The average molecular weight is 951 g/mol. The van der Waals surface area contributed by atoms with Crippen molar-refractivity contribution in [2.75, 3.05) is 88.8 Å². The van der Waals surface area contributed by atoms with Gasteiger partial charge in [-0.05, 0) is 110 Å². The largest absolute Gasteiger partial charge is 0.497 e. The lowest BCUT2D eigenvalue weighted by atomic mass is 9.93. The standard InChI is InChI=1S/C24H30F2N4O5.C9H11NO2.C9H13NO.C8H8F2/c1-16(8-17-9-18(25)11-19(26)10-17)28-24(34)14-30(15-32)22-12-20(35-3)4-5-21(22)29(2)13-23(33)27-6-7-31;1-10(7-11)8-3-5-9(12-2)6-4-8;1-10(2)8-4-6-9(11-3)7-5-8;1-2-6-3-7(9)5-8(10)4-6/h4-5,7,9,11-12,15-17H,6,8,10,13-14H2,1-3H3,(H,27,33)(H,28,34);3-7H,1-2H3;4-7H,1-3H3;3-5H,2H2,1H3. The molecule has 2 atom stereocenters. The van der Waals surface area contributed by atoms with Crippen molar-refractivity contribution in [2.24, 2.45) is 5.92 Å². The van der Waals surface area contributed by atoms with E-state index in [1.165, 1.54) is 40.8 Å². The Balaban J connectivity index is 0.000000384. The zero-order valence-corrected chi connectivity index (χ0v) is 39.9. The van der Waals surface area contributed by atoms with E-state index in [0.717, 1.165) is 35.7 Å². The van der Waals surface area contributed by atoms with E-state index in [1.54, 1.807) is 58.3 Å². The van der Waals surface area contributed by atoms with E-state index in [0.29, 0.717) is 48.2 Å². The Bertz CT molecular complexity index is 2260. The van der Waals surface area contributed by atoms with E-state index in [2.05, 4.69) is 15.5 Å². The topological polar surface area (TPSA) is 150 Å². The molecule has 0 spiro atoms. The third-order valence-electron chi connectivity index (χ3n) is 9.88. The molecule has 2 N–H and O–H groups in total. The lowest BCUT2D eigenvalue weighted by Crippen LogP contribution is -2.42. The van der Waals surface area contributed by atoms with Crippen molar-refractivity contribution < 1.29 is 55.7 Å². The summed E-state index contributed by atoms with van der Waals surface area (Å²) in [5, 5.41) is 5.18. The van der Waals surface area contributed by atoms with Gasteiger partial charge in [0, 0.05) is 70.2 Å². The summed E-state index contributed by atoms with van der Waals surface area (Å²) < 4.78 is 67.0. The first-order valence-corrected chi connectivity index (χ1v) is 21.3. The van der Waals surface area contributed by atoms with E-state index in [1.807, 2.05) is 69.6 Å². The minimum absolute atomic E-state index is 0.0635. The summed E-state index contributed by atoms with van der Waals surface area (Å²) in [6.07, 6.45) is 5.04. The number of methoxy groups -OCH3 is 3. The minimum atomic E-state index is -0.640. The number of allylic oxidation sites excluding steroid dienone is 4. The van der Waals surface area contributed by atoms with Crippen molar-refractivity contribution in [1.29, 1.82) is 0 Å². The van der Waals surface area contributed by atoms with Crippen molar-refractivity contribution in [1.82, 2.24) is 10.6 Å². The number of benzene rings is 4. The molecule has 368 valence electrons. The smallest absolute Gasteiger partial charge is 0.240 e. The van der Waals surface area contributed by atoms with E-state index in [-0.39, 0.29) is 32.0 Å². The predicted octanol–water partition coefficient (Wildman–Crippen LogP) is 7.61. The lowest BCUT2D eigenvalue weighted by Gasteiger charge is -2.27. The maximum atomic E-state index is 13.5. The van der Waals surface area contributed by atoms with Gasteiger partial charge in [0.15, 0.2) is 0 Å². The van der Waals surface area contributed by atoms with Gasteiger partial charge in [0.1, 0.15) is 53.4 Å². The number of hydrogen-bond donors (Lipinski definition) is 2. The number of amides is 4. The summed E-state index contributed by atoms with van der Waals surface area (Å²) in [5.74, 6) is -1.33. The normalized spacial score (nSPS) is 12.7. The number of nitrogens with zero attached hydrogens (tertiary/aromatic N) is 4. The predicted molar refractivity (Wildman–Crippen MR) is 258 cm³/mol. The minimum Gasteiger partial charge on any atom is -0.497 e. The van der Waals surface area contributed by atoms with Crippen LogP contribution in [0.15, 0.2) is 109 Å². The summed E-state index contributed by atoms with van der Waals surface area (Å²) in [7, 11) is 12.1. The van der Waals surface area contributed by atoms with Gasteiger partial charge in [-0.15, -0.1) is 0 Å². The van der Waals surface area contributed by atoms with E-state index in [4.69, 9.17) is 14.2 Å². The molecule has 1 aliphatic rings. The van der Waals surface area contributed by atoms with Gasteiger partial charge in [-0.2, -0.15) is 0 Å². The van der Waals surface area contributed by atoms with Crippen LogP contribution in [0.4, 0.5) is 40.3 Å². The number of anilines is 4. The molecular formula is C50H62F4N6O8. The van der Waals surface area contributed by atoms with Crippen LogP contribution in [0, 0.1) is 17.6 Å². The summed E-state index contributed by atoms with van der Waals surface area (Å²) in [5.41, 5.74) is 3.54. The Hall–Kier alpha value is -7.37. The zero-order chi connectivity index (χ0) is 50.8. The quantitative estimate of drug-likeness (QED) is 0.0711. The van der Waals surface area contributed by atoms with E-state index < -0.39 is 41.1 Å². The molecule has 5 rings (SSSR count). The third kappa shape index (κ3) is 20.4. The van der Waals surface area contributed by atoms with Crippen LogP contribution in [0.25, 0.3) is 0 Å². The van der Waals surface area contributed by atoms with Gasteiger partial charge in [-0.25, -0.2) is 17.6 Å². The molecule has 4 aromatic carbocycles. The first kappa shape index (κ1) is 56.8. The number of halogens is 4. The van der Waals surface area contributed by atoms with Crippen molar-refractivity contribution in [3.63, 3.8) is 0 Å². The average Bonchev–Trinajstić information content (AvgIpc) is 3.32. The number of likely N-dealkylation sites (N-methyl/N-ethyl adjacent to an activating group) is 1. The molecule has 0 heterocycles. The second-order valence-electron chi connectivity index (χ2n) is 15.4. The number of rotatable bonds is 19. The lowest BCUT2D eigenvalue weighted by molar-refractivity contribution is -0.122. The van der Waals surface area contributed by atoms with Crippen LogP contribution in [0.1, 0.15) is 32.3 Å². The zero-order valence-electron chi connectivity index (χ0n) is 39.9. The SMILES string of the molecule is CCc1cc(F)cc(F)c1.COc1ccc(N(C)C)cc1.COc1ccc(N(C)C=O)cc1.COc1ccc(N(C)CC(=O)NCC=O)c(N(C=O)CC(=O)NC(C)CC2C=C(F)C=C(F)C2)c1. The Kier molecular flexibility index (Phi) is 25.1. The number of carbonyl (C=O) groups is 5. The van der Waals surface area contributed by atoms with E-state index >= 15 is 0 Å². The Morgan fingerprint density at radius 2 is 1.28 bits per heavy atom. The molecule has 0 aliphatic heterocycles. The Morgan fingerprint density at radius 1 is 0.721 bits per heavy atom. The molecular weight excluding hydrogens is 889 g/mol. The summed E-state index contributed by atoms with van der Waals surface area (Å²) in [6, 6.07) is 23.2. The molecule has 68 heavy (non-hydrogen) atoms. The van der Waals surface area contributed by atoms with Crippen molar-refractivity contribution >= 4 is 53.7 Å². The van der Waals surface area contributed by atoms with Crippen LogP contribution in [0.3, 0.4) is 0 Å². The molecule has 2 unspecified atom stereocenters. The highest BCUT2D eigenvalue weighted by Crippen LogP contribution is 2.33. The number of ether oxygens (including phenoxy) is 3. The Labute approximate surface area is 396 Å². The van der Waals surface area contributed by atoms with Crippen molar-refractivity contribution in [3.05, 3.63) is 126 Å². The van der Waals surface area contributed by atoms with Crippen LogP contribution in [0.2, 0.25) is 0 Å². The molecule has 0 fully saturated rings. The molecule has 0 bridgehead atoms. The monoisotopic (exact) mass is 950 g/mol. The maximum Gasteiger partial charge on any atom is 0.240 e. The molecule has 0 radical (unpaired) electrons. The van der Waals surface area contributed by atoms with Crippen LogP contribution >= 0.6 is 0 Å². The van der Waals surface area contributed by atoms with Crippen molar-refractivity contribution in [3.8, 4) is 17.2 Å². The molecule has 4 amide bonds. The van der Waals surface area contributed by atoms with Gasteiger partial charge >= 0.3 is 0 Å². The third-order valence-corrected chi connectivity index (χ3v) is 9.88. The van der Waals surface area contributed by atoms with E-state index in [9.17, 15) is 41.5 Å². The second kappa shape index (κ2) is 30.0. The first-order chi connectivity index (χ1) is 32.4. The highest BCUT2D eigenvalue weighted by Gasteiger charge is 2.22. The Morgan fingerprint density at radius 3 is 1.76 bits per heavy atom. The van der Waals surface area contributed by atoms with Crippen molar-refractivity contribution in [2.45, 2.75) is 39.2 Å². The van der Waals surface area contributed by atoms with Crippen LogP contribution in [0.5, 0.6) is 17.2 Å². The molecule has 0 saturated carbocycles. The van der Waals surface area contributed by atoms with Gasteiger partial charge in [-0.1, -0.05) is 6.92 Å². The number of aldehydes is 1. The van der Waals surface area contributed by atoms with Crippen LogP contribution in [-0.4, -0.2) is 106 Å². The van der Waals surface area contributed by atoms with Gasteiger partial charge in [0.05, 0.1) is 45.8 Å². The number of hydrogen-bond acceptors (Lipinski definition) is 10. The molecule has 14 nitrogen and oxygen atoms in total. The number of nitrogens with one attached hydrogen (secondary N) is 2. The summed E-state index contributed by atoms with van der Waals surface area (Å²) in [6.45, 7) is 3.02.